The Kier molecular flexibility index (Phi) is 4.40. The smallest absolute Gasteiger partial charge is 0.126 e. The summed E-state index contributed by atoms with van der Waals surface area (Å²) in [6.45, 7) is 7.82. The topological polar surface area (TPSA) is 28.2 Å². The van der Waals surface area contributed by atoms with Gasteiger partial charge in [-0.2, -0.15) is 0 Å². The van der Waals surface area contributed by atoms with Crippen LogP contribution in [0.5, 0.6) is 0 Å². The molecule has 1 aliphatic rings. The molecule has 3 nitrogen and oxygen atoms in total. The predicted octanol–water partition coefficient (Wildman–Crippen LogP) is 3.05. The largest absolute Gasteiger partial charge is 0.367 e. The molecule has 1 aliphatic heterocycles. The van der Waals surface area contributed by atoms with Crippen molar-refractivity contribution in [2.45, 2.75) is 32.7 Å². The number of piperidine rings is 1. The zero-order valence-electron chi connectivity index (χ0n) is 10.5. The lowest BCUT2D eigenvalue weighted by molar-refractivity contribution is 0.229. The summed E-state index contributed by atoms with van der Waals surface area (Å²) in [5.41, 5.74) is 1.04. The van der Waals surface area contributed by atoms with Gasteiger partial charge in [0.1, 0.15) is 5.82 Å². The lowest BCUT2D eigenvalue weighted by atomic mass is 10.1. The second-order valence-electron chi connectivity index (χ2n) is 4.62. The Morgan fingerprint density at radius 3 is 2.71 bits per heavy atom. The fraction of sp³-hybridized carbons (Fsp3) is 0.615. The zero-order chi connectivity index (χ0) is 12.3. The molecule has 1 saturated heterocycles. The summed E-state index contributed by atoms with van der Waals surface area (Å²) in [4.78, 5) is 7.03. The van der Waals surface area contributed by atoms with Gasteiger partial charge in [0.15, 0.2) is 0 Å². The second kappa shape index (κ2) is 5.83. The number of nitrogens with zero attached hydrogens (tertiary/aromatic N) is 2. The van der Waals surface area contributed by atoms with E-state index in [1.165, 1.54) is 32.5 Å². The molecule has 0 aromatic carbocycles. The van der Waals surface area contributed by atoms with Crippen molar-refractivity contribution < 1.29 is 0 Å². The Bertz CT molecular complexity index is 373. The Morgan fingerprint density at radius 2 is 2.12 bits per heavy atom. The van der Waals surface area contributed by atoms with Gasteiger partial charge in [0.05, 0.1) is 5.69 Å². The Morgan fingerprint density at radius 1 is 1.41 bits per heavy atom. The lowest BCUT2D eigenvalue weighted by Gasteiger charge is -2.31. The van der Waals surface area contributed by atoms with Crippen molar-refractivity contribution in [3.63, 3.8) is 0 Å². The third-order valence-electron chi connectivity index (χ3n) is 3.41. The molecule has 0 atom stereocenters. The van der Waals surface area contributed by atoms with Gasteiger partial charge in [0.25, 0.3) is 0 Å². The molecular formula is C13H20BrN3. The second-order valence-corrected chi connectivity index (χ2v) is 5.47. The van der Waals surface area contributed by atoms with Gasteiger partial charge in [-0.15, -0.1) is 0 Å². The number of likely N-dealkylation sites (tertiary alicyclic amines) is 1. The number of rotatable bonds is 3. The molecule has 0 bridgehead atoms. The first kappa shape index (κ1) is 12.8. The van der Waals surface area contributed by atoms with Crippen LogP contribution < -0.4 is 5.32 Å². The van der Waals surface area contributed by atoms with Crippen molar-refractivity contribution in [2.24, 2.45) is 0 Å². The minimum atomic E-state index is 0.575. The van der Waals surface area contributed by atoms with Crippen LogP contribution in [-0.2, 0) is 0 Å². The van der Waals surface area contributed by atoms with E-state index in [0.717, 1.165) is 16.0 Å². The van der Waals surface area contributed by atoms with Crippen LogP contribution in [0.2, 0.25) is 0 Å². The predicted molar refractivity (Wildman–Crippen MR) is 75.4 cm³/mol. The van der Waals surface area contributed by atoms with E-state index in [1.807, 2.05) is 13.0 Å². The minimum absolute atomic E-state index is 0.575. The molecule has 94 valence electrons. The normalized spacial score (nSPS) is 18.3. The van der Waals surface area contributed by atoms with Gasteiger partial charge in [-0.3, -0.25) is 0 Å². The van der Waals surface area contributed by atoms with Crippen LogP contribution >= 0.6 is 15.9 Å². The number of pyridine rings is 1. The summed E-state index contributed by atoms with van der Waals surface area (Å²) in [5.74, 6) is 1.00. The van der Waals surface area contributed by atoms with Crippen LogP contribution in [0.3, 0.4) is 0 Å². The zero-order valence-corrected chi connectivity index (χ0v) is 12.1. The van der Waals surface area contributed by atoms with Gasteiger partial charge in [0.2, 0.25) is 0 Å². The quantitative estimate of drug-likeness (QED) is 0.929. The lowest BCUT2D eigenvalue weighted by Crippen LogP contribution is -2.39. The van der Waals surface area contributed by atoms with Crippen molar-refractivity contribution in [1.82, 2.24) is 9.88 Å². The number of aromatic nitrogens is 1. The highest BCUT2D eigenvalue weighted by Gasteiger charge is 2.17. The highest BCUT2D eigenvalue weighted by Crippen LogP contribution is 2.19. The summed E-state index contributed by atoms with van der Waals surface area (Å²) in [6, 6.07) is 4.68. The summed E-state index contributed by atoms with van der Waals surface area (Å²) >= 11 is 3.47. The average molecular weight is 298 g/mol. The molecule has 0 aliphatic carbocycles. The van der Waals surface area contributed by atoms with Crippen LogP contribution in [0.4, 0.5) is 5.82 Å². The molecule has 2 rings (SSSR count). The molecule has 0 saturated carbocycles. The molecule has 2 heterocycles. The third kappa shape index (κ3) is 3.42. The van der Waals surface area contributed by atoms with Crippen LogP contribution in [0, 0.1) is 6.92 Å². The Balaban J connectivity index is 1.91. The highest BCUT2D eigenvalue weighted by atomic mass is 79.9. The Labute approximate surface area is 112 Å². The van der Waals surface area contributed by atoms with Crippen LogP contribution in [0.15, 0.2) is 16.6 Å². The molecular weight excluding hydrogens is 278 g/mol. The van der Waals surface area contributed by atoms with Crippen molar-refractivity contribution in [3.8, 4) is 0 Å². The maximum absolute atomic E-state index is 4.53. The fourth-order valence-corrected chi connectivity index (χ4v) is 2.45. The number of hydrogen-bond donors (Lipinski definition) is 1. The SMILES string of the molecule is CCN1CCC(Nc2ccc(Br)c(C)n2)CC1. The monoisotopic (exact) mass is 297 g/mol. The molecule has 1 N–H and O–H groups in total. The highest BCUT2D eigenvalue weighted by molar-refractivity contribution is 9.10. The molecule has 0 unspecified atom stereocenters. The first-order valence-corrected chi connectivity index (χ1v) is 7.10. The van der Waals surface area contributed by atoms with Gasteiger partial charge in [-0.25, -0.2) is 4.98 Å². The van der Waals surface area contributed by atoms with Crippen LogP contribution in [0.1, 0.15) is 25.5 Å². The fourth-order valence-electron chi connectivity index (χ4n) is 2.23. The molecule has 4 heteroatoms. The van der Waals surface area contributed by atoms with Crippen molar-refractivity contribution in [3.05, 3.63) is 22.3 Å². The van der Waals surface area contributed by atoms with Crippen molar-refractivity contribution >= 4 is 21.7 Å². The maximum atomic E-state index is 4.53. The number of aryl methyl sites for hydroxylation is 1. The number of hydrogen-bond acceptors (Lipinski definition) is 3. The third-order valence-corrected chi connectivity index (χ3v) is 4.25. The molecule has 17 heavy (non-hydrogen) atoms. The van der Waals surface area contributed by atoms with E-state index in [4.69, 9.17) is 0 Å². The molecule has 0 amide bonds. The standard InChI is InChI=1S/C13H20BrN3/c1-3-17-8-6-11(7-9-17)16-13-5-4-12(14)10(2)15-13/h4-5,11H,3,6-9H2,1-2H3,(H,15,16). The molecule has 1 fully saturated rings. The molecule has 1 aromatic rings. The summed E-state index contributed by atoms with van der Waals surface area (Å²) < 4.78 is 1.07. The van der Waals surface area contributed by atoms with Gasteiger partial charge in [0, 0.05) is 23.6 Å². The van der Waals surface area contributed by atoms with Gasteiger partial charge in [-0.1, -0.05) is 6.92 Å². The molecule has 0 radical (unpaired) electrons. The molecule has 1 aromatic heterocycles. The van der Waals surface area contributed by atoms with E-state index >= 15 is 0 Å². The maximum Gasteiger partial charge on any atom is 0.126 e. The van der Waals surface area contributed by atoms with Gasteiger partial charge >= 0.3 is 0 Å². The number of nitrogens with one attached hydrogen (secondary N) is 1. The van der Waals surface area contributed by atoms with Crippen molar-refractivity contribution in [1.29, 1.82) is 0 Å². The van der Waals surface area contributed by atoms with Gasteiger partial charge < -0.3 is 10.2 Å². The first-order chi connectivity index (χ1) is 8.19. The first-order valence-electron chi connectivity index (χ1n) is 6.31. The molecule has 0 spiro atoms. The summed E-state index contributed by atoms with van der Waals surface area (Å²) in [5, 5.41) is 3.53. The van der Waals surface area contributed by atoms with Crippen LogP contribution in [-0.4, -0.2) is 35.6 Å². The van der Waals surface area contributed by atoms with Crippen molar-refractivity contribution in [2.75, 3.05) is 25.0 Å². The Hall–Kier alpha value is -0.610. The summed E-state index contributed by atoms with van der Waals surface area (Å²) in [6.07, 6.45) is 2.43. The van der Waals surface area contributed by atoms with E-state index in [1.54, 1.807) is 0 Å². The van der Waals surface area contributed by atoms with E-state index < -0.39 is 0 Å². The minimum Gasteiger partial charge on any atom is -0.367 e. The van der Waals surface area contributed by atoms with E-state index in [-0.39, 0.29) is 0 Å². The van der Waals surface area contributed by atoms with E-state index in [0.29, 0.717) is 6.04 Å². The van der Waals surface area contributed by atoms with E-state index in [9.17, 15) is 0 Å². The number of anilines is 1. The number of halogens is 1. The average Bonchev–Trinajstić information content (AvgIpc) is 2.35. The summed E-state index contributed by atoms with van der Waals surface area (Å²) in [7, 11) is 0. The van der Waals surface area contributed by atoms with E-state index in [2.05, 4.69) is 44.1 Å². The van der Waals surface area contributed by atoms with Gasteiger partial charge in [-0.05, 0) is 54.4 Å². The van der Waals surface area contributed by atoms with Crippen LogP contribution in [0.25, 0.3) is 0 Å².